The Kier molecular flexibility index (Phi) is 4.63. The van der Waals surface area contributed by atoms with Crippen molar-refractivity contribution in [2.45, 2.75) is 38.0 Å². The molecule has 0 radical (unpaired) electrons. The summed E-state index contributed by atoms with van der Waals surface area (Å²) in [5.41, 5.74) is 2.27. The Bertz CT molecular complexity index is 544. The minimum absolute atomic E-state index is 0.370. The van der Waals surface area contributed by atoms with E-state index in [9.17, 15) is 5.11 Å². The van der Waals surface area contributed by atoms with E-state index in [2.05, 4.69) is 16.0 Å². The molecule has 1 aliphatic rings. The number of pyridine rings is 1. The highest BCUT2D eigenvalue weighted by molar-refractivity contribution is 5.17. The van der Waals surface area contributed by atoms with Crippen LogP contribution in [0.4, 0.5) is 0 Å². The van der Waals surface area contributed by atoms with E-state index >= 15 is 0 Å². The topological polar surface area (TPSA) is 36.4 Å². The van der Waals surface area contributed by atoms with E-state index in [1.165, 1.54) is 18.4 Å². The molecule has 1 saturated heterocycles. The molecule has 1 aromatic heterocycles. The number of rotatable bonds is 5. The van der Waals surface area contributed by atoms with Crippen LogP contribution >= 0.6 is 0 Å². The maximum absolute atomic E-state index is 10.4. The zero-order valence-electron chi connectivity index (χ0n) is 12.2. The lowest BCUT2D eigenvalue weighted by molar-refractivity contribution is 0.118. The molecule has 0 spiro atoms. The number of aliphatic hydroxyl groups excluding tert-OH is 1. The van der Waals surface area contributed by atoms with Crippen molar-refractivity contribution in [2.24, 2.45) is 0 Å². The zero-order valence-corrected chi connectivity index (χ0v) is 12.2. The summed E-state index contributed by atoms with van der Waals surface area (Å²) in [6.45, 7) is 2.04. The van der Waals surface area contributed by atoms with Gasteiger partial charge in [0.25, 0.3) is 0 Å². The number of likely N-dealkylation sites (tertiary alicyclic amines) is 1. The predicted octanol–water partition coefficient (Wildman–Crippen LogP) is 3.17. The number of hydrogen-bond acceptors (Lipinski definition) is 3. The summed E-state index contributed by atoms with van der Waals surface area (Å²) in [7, 11) is 0. The maximum atomic E-state index is 10.4. The van der Waals surface area contributed by atoms with Gasteiger partial charge in [0, 0.05) is 25.0 Å². The third-order valence-electron chi connectivity index (χ3n) is 4.29. The minimum atomic E-state index is -0.370. The van der Waals surface area contributed by atoms with Gasteiger partial charge in [0.15, 0.2) is 0 Å². The summed E-state index contributed by atoms with van der Waals surface area (Å²) >= 11 is 0. The van der Waals surface area contributed by atoms with Crippen LogP contribution in [0.2, 0.25) is 0 Å². The van der Waals surface area contributed by atoms with Crippen molar-refractivity contribution in [1.82, 2.24) is 9.88 Å². The lowest BCUT2D eigenvalue weighted by Gasteiger charge is -2.26. The summed E-state index contributed by atoms with van der Waals surface area (Å²) in [6.07, 6.45) is 6.57. The lowest BCUT2D eigenvalue weighted by atomic mass is 10.0. The molecule has 1 N–H and O–H groups in total. The Labute approximate surface area is 126 Å². The maximum Gasteiger partial charge on any atom is 0.0805 e. The van der Waals surface area contributed by atoms with Crippen molar-refractivity contribution >= 4 is 0 Å². The van der Waals surface area contributed by atoms with Gasteiger partial charge in [-0.2, -0.15) is 0 Å². The zero-order chi connectivity index (χ0) is 14.5. The molecule has 21 heavy (non-hydrogen) atoms. The highest BCUT2D eigenvalue weighted by Gasteiger charge is 2.27. The summed E-state index contributed by atoms with van der Waals surface area (Å²) < 4.78 is 0. The van der Waals surface area contributed by atoms with Crippen LogP contribution in [0.15, 0.2) is 54.9 Å². The van der Waals surface area contributed by atoms with Gasteiger partial charge in [-0.1, -0.05) is 36.4 Å². The van der Waals surface area contributed by atoms with Crippen LogP contribution in [-0.2, 0) is 6.54 Å². The quantitative estimate of drug-likeness (QED) is 0.915. The minimum Gasteiger partial charge on any atom is -0.388 e. The van der Waals surface area contributed by atoms with Crippen molar-refractivity contribution in [2.75, 3.05) is 6.54 Å². The molecule has 3 rings (SSSR count). The monoisotopic (exact) mass is 282 g/mol. The first-order chi connectivity index (χ1) is 10.3. The molecule has 2 heterocycles. The van der Waals surface area contributed by atoms with E-state index in [4.69, 9.17) is 0 Å². The Morgan fingerprint density at radius 3 is 2.81 bits per heavy atom. The van der Waals surface area contributed by atoms with E-state index in [1.54, 1.807) is 0 Å². The number of aromatic nitrogens is 1. The molecular formula is C18H22N2O. The average molecular weight is 282 g/mol. The molecule has 2 aromatic rings. The summed E-state index contributed by atoms with van der Waals surface area (Å²) in [4.78, 5) is 6.66. The van der Waals surface area contributed by atoms with E-state index in [1.807, 2.05) is 48.8 Å². The van der Waals surface area contributed by atoms with Crippen LogP contribution in [0, 0.1) is 0 Å². The SMILES string of the molecule is OC(CC1CCCN1Cc1cccnc1)c1ccccc1. The van der Waals surface area contributed by atoms with Crippen molar-refractivity contribution in [1.29, 1.82) is 0 Å². The molecule has 1 aliphatic heterocycles. The molecule has 0 saturated carbocycles. The highest BCUT2D eigenvalue weighted by atomic mass is 16.3. The van der Waals surface area contributed by atoms with Crippen molar-refractivity contribution in [3.8, 4) is 0 Å². The van der Waals surface area contributed by atoms with Crippen LogP contribution in [0.5, 0.6) is 0 Å². The number of benzene rings is 1. The van der Waals surface area contributed by atoms with Gasteiger partial charge in [-0.25, -0.2) is 0 Å². The largest absolute Gasteiger partial charge is 0.388 e. The second-order valence-corrected chi connectivity index (χ2v) is 5.79. The first-order valence-corrected chi connectivity index (χ1v) is 7.69. The molecule has 0 aliphatic carbocycles. The highest BCUT2D eigenvalue weighted by Crippen LogP contribution is 2.28. The fourth-order valence-electron chi connectivity index (χ4n) is 3.17. The van der Waals surface area contributed by atoms with E-state index in [-0.39, 0.29) is 6.10 Å². The van der Waals surface area contributed by atoms with Gasteiger partial charge in [-0.15, -0.1) is 0 Å². The van der Waals surface area contributed by atoms with E-state index in [0.717, 1.165) is 25.1 Å². The Balaban J connectivity index is 1.62. The summed E-state index contributed by atoms with van der Waals surface area (Å²) in [6, 6.07) is 14.5. The van der Waals surface area contributed by atoms with Crippen molar-refractivity contribution in [3.05, 3.63) is 66.0 Å². The third-order valence-corrected chi connectivity index (χ3v) is 4.29. The second-order valence-electron chi connectivity index (χ2n) is 5.79. The Morgan fingerprint density at radius 1 is 1.19 bits per heavy atom. The molecule has 0 amide bonds. The number of aliphatic hydroxyl groups is 1. The number of nitrogens with zero attached hydrogens (tertiary/aromatic N) is 2. The first-order valence-electron chi connectivity index (χ1n) is 7.69. The van der Waals surface area contributed by atoms with Gasteiger partial charge in [-0.3, -0.25) is 9.88 Å². The molecule has 3 heteroatoms. The first kappa shape index (κ1) is 14.2. The van der Waals surface area contributed by atoms with Crippen molar-refractivity contribution in [3.63, 3.8) is 0 Å². The molecular weight excluding hydrogens is 260 g/mol. The van der Waals surface area contributed by atoms with Crippen LogP contribution in [-0.4, -0.2) is 27.6 Å². The molecule has 2 atom stereocenters. The smallest absolute Gasteiger partial charge is 0.0805 e. The fourth-order valence-corrected chi connectivity index (χ4v) is 3.17. The van der Waals surface area contributed by atoms with Crippen LogP contribution in [0.1, 0.15) is 36.5 Å². The second kappa shape index (κ2) is 6.83. The van der Waals surface area contributed by atoms with Gasteiger partial charge >= 0.3 is 0 Å². The van der Waals surface area contributed by atoms with Gasteiger partial charge < -0.3 is 5.11 Å². The van der Waals surface area contributed by atoms with Gasteiger partial charge in [-0.05, 0) is 43.0 Å². The van der Waals surface area contributed by atoms with Gasteiger partial charge in [0.2, 0.25) is 0 Å². The Morgan fingerprint density at radius 2 is 2.05 bits per heavy atom. The van der Waals surface area contributed by atoms with E-state index in [0.29, 0.717) is 6.04 Å². The van der Waals surface area contributed by atoms with Crippen LogP contribution in [0.3, 0.4) is 0 Å². The Hall–Kier alpha value is -1.71. The predicted molar refractivity (Wildman–Crippen MR) is 83.7 cm³/mol. The summed E-state index contributed by atoms with van der Waals surface area (Å²) in [5, 5.41) is 10.4. The molecule has 3 nitrogen and oxygen atoms in total. The number of hydrogen-bond donors (Lipinski definition) is 1. The lowest BCUT2D eigenvalue weighted by Crippen LogP contribution is -2.30. The molecule has 0 bridgehead atoms. The normalized spacial score (nSPS) is 20.5. The fraction of sp³-hybridized carbons (Fsp3) is 0.389. The average Bonchev–Trinajstić information content (AvgIpc) is 2.96. The van der Waals surface area contributed by atoms with E-state index < -0.39 is 0 Å². The van der Waals surface area contributed by atoms with Crippen molar-refractivity contribution < 1.29 is 5.11 Å². The standard InChI is InChI=1S/C18H22N2O/c21-18(16-7-2-1-3-8-16)12-17-9-5-11-20(17)14-15-6-4-10-19-13-15/h1-4,6-8,10,13,17-18,21H,5,9,11-12,14H2. The molecule has 110 valence electrons. The third kappa shape index (κ3) is 3.69. The van der Waals surface area contributed by atoms with Gasteiger partial charge in [0.1, 0.15) is 0 Å². The summed E-state index contributed by atoms with van der Waals surface area (Å²) in [5.74, 6) is 0. The van der Waals surface area contributed by atoms with Gasteiger partial charge in [0.05, 0.1) is 6.10 Å². The molecule has 1 aromatic carbocycles. The molecule has 1 fully saturated rings. The van der Waals surface area contributed by atoms with Crippen LogP contribution in [0.25, 0.3) is 0 Å². The van der Waals surface area contributed by atoms with Crippen LogP contribution < -0.4 is 0 Å². The molecule has 2 unspecified atom stereocenters.